The van der Waals surface area contributed by atoms with Crippen molar-refractivity contribution < 1.29 is 4.74 Å². The lowest BCUT2D eigenvalue weighted by molar-refractivity contribution is 0.182. The molecule has 0 spiro atoms. The van der Waals surface area contributed by atoms with E-state index in [4.69, 9.17) is 9.84 Å². The van der Waals surface area contributed by atoms with E-state index in [1.165, 1.54) is 19.3 Å². The van der Waals surface area contributed by atoms with Crippen LogP contribution >= 0.6 is 0 Å². The monoisotopic (exact) mass is 469 g/mol. The highest BCUT2D eigenvalue weighted by atomic mass is 16.5. The Bertz CT molecular complexity index is 1270. The van der Waals surface area contributed by atoms with Crippen LogP contribution in [0.2, 0.25) is 0 Å². The molecule has 35 heavy (non-hydrogen) atoms. The largest absolute Gasteiger partial charge is 0.380 e. The van der Waals surface area contributed by atoms with E-state index in [9.17, 15) is 0 Å². The number of hydrogen-bond acceptors (Lipinski definition) is 6. The predicted molar refractivity (Wildman–Crippen MR) is 135 cm³/mol. The van der Waals surface area contributed by atoms with E-state index >= 15 is 0 Å². The van der Waals surface area contributed by atoms with Gasteiger partial charge in [-0.05, 0) is 43.7 Å². The van der Waals surface area contributed by atoms with Crippen molar-refractivity contribution in [3.05, 3.63) is 61.4 Å². The summed E-state index contributed by atoms with van der Waals surface area (Å²) in [6.45, 7) is 1.73. The van der Waals surface area contributed by atoms with Gasteiger partial charge in [0.15, 0.2) is 5.82 Å². The van der Waals surface area contributed by atoms with Gasteiger partial charge >= 0.3 is 0 Å². The maximum atomic E-state index is 5.53. The first-order valence-electron chi connectivity index (χ1n) is 12.5. The summed E-state index contributed by atoms with van der Waals surface area (Å²) in [6.07, 6.45) is 17.6. The van der Waals surface area contributed by atoms with Crippen LogP contribution in [0.25, 0.3) is 33.6 Å². The summed E-state index contributed by atoms with van der Waals surface area (Å²) >= 11 is 0. The molecule has 180 valence electrons. The van der Waals surface area contributed by atoms with E-state index in [2.05, 4.69) is 43.4 Å². The molecule has 2 fully saturated rings. The van der Waals surface area contributed by atoms with Crippen molar-refractivity contribution in [2.24, 2.45) is 7.05 Å². The number of benzene rings is 1. The lowest BCUT2D eigenvalue weighted by Gasteiger charge is -2.31. The first-order chi connectivity index (χ1) is 17.2. The zero-order valence-corrected chi connectivity index (χ0v) is 20.0. The minimum Gasteiger partial charge on any atom is -0.380 e. The molecule has 0 radical (unpaired) electrons. The van der Waals surface area contributed by atoms with Gasteiger partial charge in [-0.15, -0.1) is 0 Å². The molecule has 4 aromatic rings. The van der Waals surface area contributed by atoms with Crippen LogP contribution in [0.1, 0.15) is 38.1 Å². The van der Waals surface area contributed by atoms with E-state index in [0.29, 0.717) is 23.9 Å². The lowest BCUT2D eigenvalue weighted by atomic mass is 9.90. The maximum Gasteiger partial charge on any atom is 0.159 e. The van der Waals surface area contributed by atoms with Crippen molar-refractivity contribution in [1.29, 1.82) is 0 Å². The Kier molecular flexibility index (Phi) is 6.14. The number of rotatable bonds is 6. The van der Waals surface area contributed by atoms with Crippen LogP contribution < -0.4 is 5.32 Å². The molecular weight excluding hydrogens is 438 g/mol. The van der Waals surface area contributed by atoms with Crippen molar-refractivity contribution in [2.45, 2.75) is 50.2 Å². The summed E-state index contributed by atoms with van der Waals surface area (Å²) in [7, 11) is 1.92. The van der Waals surface area contributed by atoms with Crippen LogP contribution in [0.4, 0.5) is 0 Å². The number of ether oxygens (including phenoxy) is 1. The molecule has 1 N–H and O–H groups in total. The predicted octanol–water partition coefficient (Wildman–Crippen LogP) is 4.27. The molecule has 8 heteroatoms. The van der Waals surface area contributed by atoms with Gasteiger partial charge in [0.25, 0.3) is 0 Å². The SMILES string of the molecule is Cn1cc(-c2cccc(-c3ncc(-c4cnn(C5CCC[C@@H](NC6CCOC6)C5)c4)cn3)c2)cn1. The molecule has 3 atom stereocenters. The van der Waals surface area contributed by atoms with Gasteiger partial charge in [0.05, 0.1) is 25.0 Å². The topological polar surface area (TPSA) is 82.7 Å². The van der Waals surface area contributed by atoms with Crippen LogP contribution in [0.5, 0.6) is 0 Å². The summed E-state index contributed by atoms with van der Waals surface area (Å²) in [5, 5.41) is 12.8. The molecule has 1 aliphatic carbocycles. The standard InChI is InChI=1S/C27H31N7O/c1-33-16-22(14-30-33)19-4-2-5-20(10-19)27-28-12-21(13-29-27)23-15-31-34(17-23)26-7-3-6-24(11-26)32-25-8-9-35-18-25/h2,4-5,10,12-17,24-26,32H,3,6-9,11,18H2,1H3/t24-,25?,26?/m1/s1. The van der Waals surface area contributed by atoms with E-state index in [-0.39, 0.29) is 0 Å². The first kappa shape index (κ1) is 22.1. The second-order valence-electron chi connectivity index (χ2n) is 9.73. The minimum absolute atomic E-state index is 0.424. The molecule has 8 nitrogen and oxygen atoms in total. The second kappa shape index (κ2) is 9.71. The quantitative estimate of drug-likeness (QED) is 0.454. The van der Waals surface area contributed by atoms with E-state index in [1.807, 2.05) is 54.8 Å². The van der Waals surface area contributed by atoms with Crippen molar-refractivity contribution in [3.8, 4) is 33.6 Å². The highest BCUT2D eigenvalue weighted by Gasteiger charge is 2.27. The average molecular weight is 470 g/mol. The summed E-state index contributed by atoms with van der Waals surface area (Å²) in [5.74, 6) is 0.712. The van der Waals surface area contributed by atoms with Crippen LogP contribution in [0.15, 0.2) is 61.4 Å². The Morgan fingerprint density at radius 3 is 2.49 bits per heavy atom. The Morgan fingerprint density at radius 1 is 0.857 bits per heavy atom. The molecule has 1 saturated heterocycles. The van der Waals surface area contributed by atoms with Gasteiger partial charge in [-0.2, -0.15) is 10.2 Å². The van der Waals surface area contributed by atoms with Gasteiger partial charge in [0.2, 0.25) is 0 Å². The third kappa shape index (κ3) is 4.90. The molecule has 1 saturated carbocycles. The van der Waals surface area contributed by atoms with Gasteiger partial charge in [-0.1, -0.05) is 18.2 Å². The van der Waals surface area contributed by atoms with Gasteiger partial charge in [0, 0.05) is 72.8 Å². The molecule has 2 unspecified atom stereocenters. The Labute approximate surface area is 205 Å². The average Bonchev–Trinajstić information content (AvgIpc) is 3.67. The van der Waals surface area contributed by atoms with E-state index in [1.54, 1.807) is 0 Å². The highest BCUT2D eigenvalue weighted by molar-refractivity contribution is 5.70. The summed E-state index contributed by atoms with van der Waals surface area (Å²) in [4.78, 5) is 9.33. The second-order valence-corrected chi connectivity index (χ2v) is 9.73. The normalized spacial score (nSPS) is 22.5. The van der Waals surface area contributed by atoms with E-state index < -0.39 is 0 Å². The van der Waals surface area contributed by atoms with Gasteiger partial charge in [-0.25, -0.2) is 9.97 Å². The van der Waals surface area contributed by atoms with Crippen molar-refractivity contribution in [2.75, 3.05) is 13.2 Å². The van der Waals surface area contributed by atoms with Gasteiger partial charge in [-0.3, -0.25) is 9.36 Å². The lowest BCUT2D eigenvalue weighted by Crippen LogP contribution is -2.41. The number of nitrogens with zero attached hydrogens (tertiary/aromatic N) is 6. The fourth-order valence-corrected chi connectivity index (χ4v) is 5.28. The summed E-state index contributed by atoms with van der Waals surface area (Å²) < 4.78 is 9.48. The highest BCUT2D eigenvalue weighted by Crippen LogP contribution is 2.31. The van der Waals surface area contributed by atoms with Crippen LogP contribution in [0.3, 0.4) is 0 Å². The summed E-state index contributed by atoms with van der Waals surface area (Å²) in [6, 6.07) is 9.73. The molecular formula is C27H31N7O. The molecule has 1 aliphatic heterocycles. The molecule has 0 amide bonds. The number of aromatic nitrogens is 6. The van der Waals surface area contributed by atoms with Crippen molar-refractivity contribution in [3.63, 3.8) is 0 Å². The zero-order chi connectivity index (χ0) is 23.6. The smallest absolute Gasteiger partial charge is 0.159 e. The molecule has 2 aliphatic rings. The zero-order valence-electron chi connectivity index (χ0n) is 20.0. The fourth-order valence-electron chi connectivity index (χ4n) is 5.28. The summed E-state index contributed by atoms with van der Waals surface area (Å²) in [5.41, 5.74) is 5.21. The van der Waals surface area contributed by atoms with E-state index in [0.717, 1.165) is 53.9 Å². The Morgan fingerprint density at radius 2 is 1.69 bits per heavy atom. The maximum absolute atomic E-state index is 5.53. The van der Waals surface area contributed by atoms with Crippen molar-refractivity contribution in [1.82, 2.24) is 34.8 Å². The minimum atomic E-state index is 0.424. The Balaban J connectivity index is 1.15. The van der Waals surface area contributed by atoms with Gasteiger partial charge < -0.3 is 10.1 Å². The van der Waals surface area contributed by atoms with Crippen molar-refractivity contribution >= 4 is 0 Å². The van der Waals surface area contributed by atoms with Crippen LogP contribution in [-0.2, 0) is 11.8 Å². The first-order valence-corrected chi connectivity index (χ1v) is 12.5. The molecule has 6 rings (SSSR count). The molecule has 1 aromatic carbocycles. The molecule has 3 aromatic heterocycles. The van der Waals surface area contributed by atoms with Gasteiger partial charge in [0.1, 0.15) is 0 Å². The molecule has 4 heterocycles. The van der Waals surface area contributed by atoms with Crippen LogP contribution in [-0.4, -0.2) is 54.8 Å². The molecule has 0 bridgehead atoms. The number of hydrogen-bond donors (Lipinski definition) is 1. The number of nitrogens with one attached hydrogen (secondary N) is 1. The third-order valence-corrected chi connectivity index (χ3v) is 7.17. The Hall–Kier alpha value is -3.36. The van der Waals surface area contributed by atoms with Crippen LogP contribution in [0, 0.1) is 0 Å². The fraction of sp³-hybridized carbons (Fsp3) is 0.407. The third-order valence-electron chi connectivity index (χ3n) is 7.17. The number of aryl methyl sites for hydroxylation is 1.